The molecule has 1 atom stereocenters. The normalized spacial score (nSPS) is 18.1. The van der Waals surface area contributed by atoms with Crippen molar-refractivity contribution in [3.05, 3.63) is 42.1 Å². The summed E-state index contributed by atoms with van der Waals surface area (Å²) in [5.41, 5.74) is 1.90. The van der Waals surface area contributed by atoms with Crippen LogP contribution < -0.4 is 10.6 Å². The van der Waals surface area contributed by atoms with E-state index in [4.69, 9.17) is 4.52 Å². The minimum Gasteiger partial charge on any atom is -0.356 e. The SMILES string of the molecule is CN=C(NCc1cc(-c2ccccc2)on1)NCC1CCCS1. The largest absolute Gasteiger partial charge is 0.356 e. The first-order valence-corrected chi connectivity index (χ1v) is 8.97. The van der Waals surface area contributed by atoms with E-state index in [0.29, 0.717) is 11.8 Å². The third kappa shape index (κ3) is 4.51. The highest BCUT2D eigenvalue weighted by molar-refractivity contribution is 8.00. The lowest BCUT2D eigenvalue weighted by atomic mass is 10.2. The van der Waals surface area contributed by atoms with E-state index in [1.54, 1.807) is 7.05 Å². The number of nitrogens with zero attached hydrogens (tertiary/aromatic N) is 2. The van der Waals surface area contributed by atoms with Gasteiger partial charge < -0.3 is 15.2 Å². The number of benzene rings is 1. The fourth-order valence-electron chi connectivity index (χ4n) is 2.54. The zero-order valence-electron chi connectivity index (χ0n) is 13.3. The zero-order chi connectivity index (χ0) is 15.9. The van der Waals surface area contributed by atoms with Gasteiger partial charge in [0.2, 0.25) is 0 Å². The molecule has 1 aromatic heterocycles. The fourth-order valence-corrected chi connectivity index (χ4v) is 3.75. The van der Waals surface area contributed by atoms with E-state index in [0.717, 1.165) is 29.5 Å². The minimum absolute atomic E-state index is 0.591. The predicted octanol–water partition coefficient (Wildman–Crippen LogP) is 2.90. The van der Waals surface area contributed by atoms with E-state index >= 15 is 0 Å². The minimum atomic E-state index is 0.591. The van der Waals surface area contributed by atoms with Gasteiger partial charge in [-0.2, -0.15) is 11.8 Å². The van der Waals surface area contributed by atoms with Crippen LogP contribution in [0.5, 0.6) is 0 Å². The standard InChI is InChI=1S/C17H22N4OS/c1-18-17(20-12-15-8-5-9-23-15)19-11-14-10-16(22-21-14)13-6-3-2-4-7-13/h2-4,6-7,10,15H,5,8-9,11-12H2,1H3,(H2,18,19,20). The van der Waals surface area contributed by atoms with Crippen LogP contribution in [0.4, 0.5) is 0 Å². The van der Waals surface area contributed by atoms with E-state index in [1.165, 1.54) is 18.6 Å². The Labute approximate surface area is 140 Å². The van der Waals surface area contributed by atoms with Gasteiger partial charge in [0.15, 0.2) is 11.7 Å². The van der Waals surface area contributed by atoms with Crippen molar-refractivity contribution in [1.29, 1.82) is 0 Å². The second-order valence-electron chi connectivity index (χ2n) is 5.49. The van der Waals surface area contributed by atoms with Gasteiger partial charge in [-0.05, 0) is 18.6 Å². The molecule has 0 amide bonds. The Bertz CT molecular complexity index is 635. The smallest absolute Gasteiger partial charge is 0.191 e. The molecule has 1 aliphatic rings. The van der Waals surface area contributed by atoms with Crippen LogP contribution in [0.2, 0.25) is 0 Å². The Morgan fingerprint density at radius 2 is 2.22 bits per heavy atom. The third-order valence-electron chi connectivity index (χ3n) is 3.80. The maximum Gasteiger partial charge on any atom is 0.191 e. The van der Waals surface area contributed by atoms with Gasteiger partial charge in [-0.25, -0.2) is 0 Å². The monoisotopic (exact) mass is 330 g/mol. The van der Waals surface area contributed by atoms with Gasteiger partial charge >= 0.3 is 0 Å². The molecule has 2 aromatic rings. The first-order chi connectivity index (χ1) is 11.3. The summed E-state index contributed by atoms with van der Waals surface area (Å²) >= 11 is 2.04. The van der Waals surface area contributed by atoms with Crippen molar-refractivity contribution in [1.82, 2.24) is 15.8 Å². The number of rotatable bonds is 5. The highest BCUT2D eigenvalue weighted by atomic mass is 32.2. The summed E-state index contributed by atoms with van der Waals surface area (Å²) in [7, 11) is 1.79. The number of hydrogen-bond acceptors (Lipinski definition) is 4. The molecule has 0 spiro atoms. The Hall–Kier alpha value is -1.95. The summed E-state index contributed by atoms with van der Waals surface area (Å²) < 4.78 is 5.40. The first kappa shape index (κ1) is 15.9. The molecule has 1 aromatic carbocycles. The van der Waals surface area contributed by atoms with Gasteiger partial charge in [0, 0.05) is 30.5 Å². The zero-order valence-corrected chi connectivity index (χ0v) is 14.1. The molecule has 0 radical (unpaired) electrons. The number of guanidine groups is 1. The Kier molecular flexibility index (Phi) is 5.58. The number of thioether (sulfide) groups is 1. The Balaban J connectivity index is 1.50. The number of aliphatic imine (C=N–C) groups is 1. The lowest BCUT2D eigenvalue weighted by Crippen LogP contribution is -2.39. The molecule has 5 nitrogen and oxygen atoms in total. The Morgan fingerprint density at radius 1 is 1.35 bits per heavy atom. The molecule has 6 heteroatoms. The molecule has 23 heavy (non-hydrogen) atoms. The fraction of sp³-hybridized carbons (Fsp3) is 0.412. The van der Waals surface area contributed by atoms with Crippen molar-refractivity contribution < 1.29 is 4.52 Å². The molecule has 1 saturated heterocycles. The van der Waals surface area contributed by atoms with Gasteiger partial charge in [-0.3, -0.25) is 4.99 Å². The lowest BCUT2D eigenvalue weighted by molar-refractivity contribution is 0.422. The molecule has 0 saturated carbocycles. The van der Waals surface area contributed by atoms with Crippen LogP contribution in [-0.2, 0) is 6.54 Å². The van der Waals surface area contributed by atoms with Gasteiger partial charge in [-0.1, -0.05) is 35.5 Å². The summed E-state index contributed by atoms with van der Waals surface area (Å²) in [6.07, 6.45) is 2.61. The number of aromatic nitrogens is 1. The van der Waals surface area contributed by atoms with Crippen LogP contribution in [0.15, 0.2) is 45.9 Å². The molecular weight excluding hydrogens is 308 g/mol. The molecule has 0 aliphatic carbocycles. The lowest BCUT2D eigenvalue weighted by Gasteiger charge is -2.13. The van der Waals surface area contributed by atoms with E-state index in [1.807, 2.05) is 48.2 Å². The second kappa shape index (κ2) is 8.06. The highest BCUT2D eigenvalue weighted by Crippen LogP contribution is 2.25. The van der Waals surface area contributed by atoms with E-state index in [2.05, 4.69) is 20.8 Å². The quantitative estimate of drug-likeness (QED) is 0.652. The van der Waals surface area contributed by atoms with Crippen LogP contribution in [0.3, 0.4) is 0 Å². The average molecular weight is 330 g/mol. The Morgan fingerprint density at radius 3 is 2.96 bits per heavy atom. The van der Waals surface area contributed by atoms with E-state index in [9.17, 15) is 0 Å². The van der Waals surface area contributed by atoms with Crippen molar-refractivity contribution in [3.8, 4) is 11.3 Å². The molecule has 2 heterocycles. The molecule has 2 N–H and O–H groups in total. The predicted molar refractivity (Wildman–Crippen MR) is 95.6 cm³/mol. The van der Waals surface area contributed by atoms with Crippen molar-refractivity contribution in [2.24, 2.45) is 4.99 Å². The summed E-state index contributed by atoms with van der Waals surface area (Å²) in [5, 5.41) is 11.5. The van der Waals surface area contributed by atoms with Crippen molar-refractivity contribution in [2.75, 3.05) is 19.3 Å². The van der Waals surface area contributed by atoms with Gasteiger partial charge in [0.1, 0.15) is 5.69 Å². The van der Waals surface area contributed by atoms with Crippen LogP contribution in [0.1, 0.15) is 18.5 Å². The van der Waals surface area contributed by atoms with Crippen molar-refractivity contribution in [2.45, 2.75) is 24.6 Å². The molecular formula is C17H22N4OS. The maximum absolute atomic E-state index is 5.40. The second-order valence-corrected chi connectivity index (χ2v) is 6.90. The molecule has 1 fully saturated rings. The van der Waals surface area contributed by atoms with E-state index < -0.39 is 0 Å². The van der Waals surface area contributed by atoms with Crippen LogP contribution in [0.25, 0.3) is 11.3 Å². The number of nitrogens with one attached hydrogen (secondary N) is 2. The molecule has 1 unspecified atom stereocenters. The maximum atomic E-state index is 5.40. The van der Waals surface area contributed by atoms with Crippen LogP contribution >= 0.6 is 11.8 Å². The van der Waals surface area contributed by atoms with Crippen molar-refractivity contribution >= 4 is 17.7 Å². The summed E-state index contributed by atoms with van der Waals surface area (Å²) in [4.78, 5) is 4.26. The average Bonchev–Trinajstić information content (AvgIpc) is 3.27. The van der Waals surface area contributed by atoms with E-state index in [-0.39, 0.29) is 0 Å². The van der Waals surface area contributed by atoms with Gasteiger partial charge in [-0.15, -0.1) is 0 Å². The molecule has 122 valence electrons. The molecule has 3 rings (SSSR count). The third-order valence-corrected chi connectivity index (χ3v) is 5.20. The highest BCUT2D eigenvalue weighted by Gasteiger charge is 2.15. The summed E-state index contributed by atoms with van der Waals surface area (Å²) in [6.45, 7) is 1.55. The summed E-state index contributed by atoms with van der Waals surface area (Å²) in [5.74, 6) is 2.87. The summed E-state index contributed by atoms with van der Waals surface area (Å²) in [6, 6.07) is 11.9. The first-order valence-electron chi connectivity index (χ1n) is 7.92. The van der Waals surface area contributed by atoms with Crippen LogP contribution in [0, 0.1) is 0 Å². The number of hydrogen-bond donors (Lipinski definition) is 2. The van der Waals surface area contributed by atoms with Gasteiger partial charge in [0.25, 0.3) is 0 Å². The molecule has 0 bridgehead atoms. The van der Waals surface area contributed by atoms with Crippen LogP contribution in [-0.4, -0.2) is 35.7 Å². The van der Waals surface area contributed by atoms with Crippen molar-refractivity contribution in [3.63, 3.8) is 0 Å². The van der Waals surface area contributed by atoms with Gasteiger partial charge in [0.05, 0.1) is 6.54 Å². The molecule has 1 aliphatic heterocycles. The topological polar surface area (TPSA) is 62.5 Å².